The number of oxazole rings is 1. The van der Waals surface area contributed by atoms with Gasteiger partial charge in [0.1, 0.15) is 17.9 Å². The van der Waals surface area contributed by atoms with Gasteiger partial charge in [0.2, 0.25) is 11.8 Å². The minimum absolute atomic E-state index is 0.0389. The number of nitrogens with zero attached hydrogens (tertiary/aromatic N) is 3. The molecule has 1 N–H and O–H groups in total. The molecule has 0 aliphatic carbocycles. The van der Waals surface area contributed by atoms with Crippen LogP contribution in [0.3, 0.4) is 0 Å². The summed E-state index contributed by atoms with van der Waals surface area (Å²) in [7, 11) is 2.09. The van der Waals surface area contributed by atoms with Crippen molar-refractivity contribution in [3.05, 3.63) is 48.0 Å². The number of likely N-dealkylation sites (N-methyl/N-ethyl adjacent to an activating group) is 1. The topological polar surface area (TPSA) is 80.0 Å². The van der Waals surface area contributed by atoms with Crippen molar-refractivity contribution in [3.63, 3.8) is 0 Å². The molecular weight excluding hydrogens is 404 g/mol. The molecule has 0 spiro atoms. The normalized spacial score (nSPS) is 16.5. The second kappa shape index (κ2) is 9.53. The molecular formula is C25H30N4O3. The van der Waals surface area contributed by atoms with Crippen LogP contribution in [0, 0.1) is 5.92 Å². The summed E-state index contributed by atoms with van der Waals surface area (Å²) in [6, 6.07) is 14.2. The van der Waals surface area contributed by atoms with Crippen molar-refractivity contribution in [2.24, 2.45) is 11.0 Å². The monoisotopic (exact) mass is 434 g/mol. The molecule has 1 amide bonds. The van der Waals surface area contributed by atoms with Gasteiger partial charge in [0, 0.05) is 36.1 Å². The minimum atomic E-state index is -0.0389. The van der Waals surface area contributed by atoms with Gasteiger partial charge < -0.3 is 14.1 Å². The standard InChI is InChI=1S/C25H30N4O3/c1-5-17-15-23(30)27-28-24(17)19-8-11-21-22(14-19)32-25(26-21)18-6-9-20(10-7-18)31-13-12-29(4)16(2)3/h6-11,14,16-17H,5,12-13,15H2,1-4H3,(H,27,30). The number of hydrogen-bond acceptors (Lipinski definition) is 6. The van der Waals surface area contributed by atoms with Crippen molar-refractivity contribution in [2.45, 2.75) is 39.7 Å². The number of hydrogen-bond donors (Lipinski definition) is 1. The Morgan fingerprint density at radius 2 is 1.94 bits per heavy atom. The lowest BCUT2D eigenvalue weighted by Crippen LogP contribution is -2.33. The molecule has 1 aromatic heterocycles. The van der Waals surface area contributed by atoms with E-state index in [4.69, 9.17) is 9.15 Å². The molecule has 0 radical (unpaired) electrons. The molecule has 7 nitrogen and oxygen atoms in total. The molecule has 32 heavy (non-hydrogen) atoms. The number of amides is 1. The Labute approximate surface area is 188 Å². The summed E-state index contributed by atoms with van der Waals surface area (Å²) >= 11 is 0. The maximum Gasteiger partial charge on any atom is 0.240 e. The summed E-state index contributed by atoms with van der Waals surface area (Å²) in [6.07, 6.45) is 1.31. The van der Waals surface area contributed by atoms with E-state index in [1.165, 1.54) is 0 Å². The molecule has 7 heteroatoms. The summed E-state index contributed by atoms with van der Waals surface area (Å²) in [5.41, 5.74) is 6.80. The van der Waals surface area contributed by atoms with Crippen molar-refractivity contribution in [3.8, 4) is 17.2 Å². The number of fused-ring (bicyclic) bond motifs is 1. The Morgan fingerprint density at radius 3 is 2.66 bits per heavy atom. The van der Waals surface area contributed by atoms with Crippen LogP contribution in [0.2, 0.25) is 0 Å². The maximum absolute atomic E-state index is 11.7. The summed E-state index contributed by atoms with van der Waals surface area (Å²) < 4.78 is 11.9. The van der Waals surface area contributed by atoms with Gasteiger partial charge >= 0.3 is 0 Å². The van der Waals surface area contributed by atoms with E-state index in [0.717, 1.165) is 41.1 Å². The number of ether oxygens (including phenoxy) is 1. The van der Waals surface area contributed by atoms with Crippen LogP contribution in [0.25, 0.3) is 22.6 Å². The highest BCUT2D eigenvalue weighted by Gasteiger charge is 2.24. The first-order valence-electron chi connectivity index (χ1n) is 11.2. The molecule has 3 aromatic rings. The van der Waals surface area contributed by atoms with E-state index in [2.05, 4.69) is 48.2 Å². The van der Waals surface area contributed by atoms with E-state index >= 15 is 0 Å². The molecule has 1 aliphatic heterocycles. The van der Waals surface area contributed by atoms with Gasteiger partial charge in [-0.1, -0.05) is 13.0 Å². The summed E-state index contributed by atoms with van der Waals surface area (Å²) in [6.45, 7) is 7.92. The maximum atomic E-state index is 11.7. The second-order valence-electron chi connectivity index (χ2n) is 8.49. The Morgan fingerprint density at radius 1 is 1.19 bits per heavy atom. The molecule has 1 atom stereocenters. The third kappa shape index (κ3) is 4.83. The molecule has 1 aliphatic rings. The molecule has 0 bridgehead atoms. The van der Waals surface area contributed by atoms with Crippen LogP contribution in [0.15, 0.2) is 52.0 Å². The smallest absolute Gasteiger partial charge is 0.240 e. The zero-order valence-corrected chi connectivity index (χ0v) is 19.1. The average Bonchev–Trinajstić information content (AvgIpc) is 3.22. The summed E-state index contributed by atoms with van der Waals surface area (Å²) in [4.78, 5) is 18.5. The lowest BCUT2D eigenvalue weighted by atomic mass is 9.90. The van der Waals surface area contributed by atoms with Crippen molar-refractivity contribution in [1.29, 1.82) is 0 Å². The number of carbonyl (C=O) groups is 1. The Hall–Kier alpha value is -3.19. The van der Waals surface area contributed by atoms with Crippen LogP contribution in [0.5, 0.6) is 5.75 Å². The van der Waals surface area contributed by atoms with Crippen LogP contribution in [-0.4, -0.2) is 47.7 Å². The van der Waals surface area contributed by atoms with E-state index < -0.39 is 0 Å². The van der Waals surface area contributed by atoms with E-state index in [0.29, 0.717) is 30.5 Å². The van der Waals surface area contributed by atoms with Gasteiger partial charge in [0.15, 0.2) is 5.58 Å². The average molecular weight is 435 g/mol. The molecule has 1 unspecified atom stereocenters. The fourth-order valence-electron chi connectivity index (χ4n) is 3.68. The number of benzene rings is 2. The van der Waals surface area contributed by atoms with Crippen LogP contribution in [0.1, 0.15) is 39.2 Å². The predicted octanol–water partition coefficient (Wildman–Crippen LogP) is 4.46. The zero-order valence-electron chi connectivity index (χ0n) is 19.1. The van der Waals surface area contributed by atoms with Gasteiger partial charge in [-0.25, -0.2) is 10.4 Å². The van der Waals surface area contributed by atoms with Crippen molar-refractivity contribution < 1.29 is 13.9 Å². The van der Waals surface area contributed by atoms with E-state index in [9.17, 15) is 4.79 Å². The highest BCUT2D eigenvalue weighted by Crippen LogP contribution is 2.28. The van der Waals surface area contributed by atoms with Gasteiger partial charge in [-0.05, 0) is 63.7 Å². The van der Waals surface area contributed by atoms with Crippen LogP contribution < -0.4 is 10.2 Å². The van der Waals surface area contributed by atoms with E-state index in [-0.39, 0.29) is 11.8 Å². The summed E-state index contributed by atoms with van der Waals surface area (Å²) in [5, 5.41) is 4.30. The lowest BCUT2D eigenvalue weighted by Gasteiger charge is -2.21. The molecule has 2 heterocycles. The number of carbonyl (C=O) groups excluding carboxylic acids is 1. The molecule has 0 fully saturated rings. The highest BCUT2D eigenvalue weighted by molar-refractivity contribution is 6.07. The first-order chi connectivity index (χ1) is 15.4. The minimum Gasteiger partial charge on any atom is -0.492 e. The Bertz CT molecular complexity index is 1120. The van der Waals surface area contributed by atoms with E-state index in [1.54, 1.807) is 0 Å². The number of rotatable bonds is 8. The van der Waals surface area contributed by atoms with Gasteiger partial charge in [-0.2, -0.15) is 5.10 Å². The molecule has 168 valence electrons. The van der Waals surface area contributed by atoms with Gasteiger partial charge in [0.25, 0.3) is 0 Å². The van der Waals surface area contributed by atoms with Crippen molar-refractivity contribution in [2.75, 3.05) is 20.2 Å². The highest BCUT2D eigenvalue weighted by atomic mass is 16.5. The van der Waals surface area contributed by atoms with Crippen LogP contribution in [-0.2, 0) is 4.79 Å². The Balaban J connectivity index is 1.49. The van der Waals surface area contributed by atoms with Crippen LogP contribution >= 0.6 is 0 Å². The predicted molar refractivity (Wildman–Crippen MR) is 126 cm³/mol. The third-order valence-electron chi connectivity index (χ3n) is 5.99. The third-order valence-corrected chi connectivity index (χ3v) is 5.99. The largest absolute Gasteiger partial charge is 0.492 e. The van der Waals surface area contributed by atoms with Crippen molar-refractivity contribution >= 4 is 22.7 Å². The number of hydrazone groups is 1. The molecule has 0 saturated carbocycles. The molecule has 0 saturated heterocycles. The first-order valence-corrected chi connectivity index (χ1v) is 11.2. The number of nitrogens with one attached hydrogen (secondary N) is 1. The zero-order chi connectivity index (χ0) is 22.7. The molecule has 4 rings (SSSR count). The second-order valence-corrected chi connectivity index (χ2v) is 8.49. The van der Waals surface area contributed by atoms with E-state index in [1.807, 2.05) is 42.5 Å². The fourth-order valence-corrected chi connectivity index (χ4v) is 3.68. The van der Waals surface area contributed by atoms with Crippen LogP contribution in [0.4, 0.5) is 0 Å². The Kier molecular flexibility index (Phi) is 6.55. The summed E-state index contributed by atoms with van der Waals surface area (Å²) in [5.74, 6) is 1.46. The number of aromatic nitrogens is 1. The first kappa shape index (κ1) is 22.0. The SMILES string of the molecule is CCC1CC(=O)NN=C1c1ccc2nc(-c3ccc(OCCN(C)C(C)C)cc3)oc2c1. The molecule has 2 aromatic carbocycles. The quantitative estimate of drug-likeness (QED) is 0.566. The van der Waals surface area contributed by atoms with Crippen molar-refractivity contribution in [1.82, 2.24) is 15.3 Å². The lowest BCUT2D eigenvalue weighted by molar-refractivity contribution is -0.122. The van der Waals surface area contributed by atoms with Gasteiger partial charge in [-0.3, -0.25) is 4.79 Å². The van der Waals surface area contributed by atoms with Gasteiger partial charge in [-0.15, -0.1) is 0 Å². The van der Waals surface area contributed by atoms with Gasteiger partial charge in [0.05, 0.1) is 5.71 Å². The fraction of sp³-hybridized carbons (Fsp3) is 0.400.